The zero-order chi connectivity index (χ0) is 21.0. The first-order valence-electron chi connectivity index (χ1n) is 10.3. The Bertz CT molecular complexity index is 894. The molecule has 0 fully saturated rings. The Kier molecular flexibility index (Phi) is 6.78. The van der Waals surface area contributed by atoms with Gasteiger partial charge in [0.1, 0.15) is 0 Å². The van der Waals surface area contributed by atoms with Crippen molar-refractivity contribution < 1.29 is 9.59 Å². The van der Waals surface area contributed by atoms with Crippen LogP contribution in [-0.4, -0.2) is 18.4 Å². The highest BCUT2D eigenvalue weighted by Gasteiger charge is 2.38. The van der Waals surface area contributed by atoms with Crippen molar-refractivity contribution in [3.8, 4) is 0 Å². The SMILES string of the molecule is CCCCCC(=O)Nc1ccc2c(c1)C(C)(c1ccc(Br)cc1)CCN2C(C)=O. The normalized spacial score (nSPS) is 18.3. The van der Waals surface area contributed by atoms with Crippen molar-refractivity contribution in [2.24, 2.45) is 0 Å². The summed E-state index contributed by atoms with van der Waals surface area (Å²) in [7, 11) is 0. The molecular formula is C24H29BrN2O2. The molecule has 1 atom stereocenters. The molecule has 1 N–H and O–H groups in total. The lowest BCUT2D eigenvalue weighted by Crippen LogP contribution is -2.41. The highest BCUT2D eigenvalue weighted by Crippen LogP contribution is 2.45. The van der Waals surface area contributed by atoms with Gasteiger partial charge in [0, 0.05) is 41.2 Å². The Morgan fingerprint density at radius 2 is 1.86 bits per heavy atom. The van der Waals surface area contributed by atoms with Crippen LogP contribution in [0.2, 0.25) is 0 Å². The number of rotatable bonds is 6. The van der Waals surface area contributed by atoms with Gasteiger partial charge in [0.2, 0.25) is 11.8 Å². The predicted molar refractivity (Wildman–Crippen MR) is 122 cm³/mol. The number of anilines is 2. The van der Waals surface area contributed by atoms with Gasteiger partial charge in [-0.1, -0.05) is 54.8 Å². The third-order valence-corrected chi connectivity index (χ3v) is 6.40. The summed E-state index contributed by atoms with van der Waals surface area (Å²) in [4.78, 5) is 26.4. The molecular weight excluding hydrogens is 428 g/mol. The van der Waals surface area contributed by atoms with E-state index in [0.29, 0.717) is 13.0 Å². The topological polar surface area (TPSA) is 49.4 Å². The lowest BCUT2D eigenvalue weighted by molar-refractivity contribution is -0.117. The fourth-order valence-corrected chi connectivity index (χ4v) is 4.35. The van der Waals surface area contributed by atoms with Gasteiger partial charge in [0.05, 0.1) is 0 Å². The summed E-state index contributed by atoms with van der Waals surface area (Å²) in [6.07, 6.45) is 4.43. The monoisotopic (exact) mass is 456 g/mol. The van der Waals surface area contributed by atoms with Crippen LogP contribution >= 0.6 is 15.9 Å². The van der Waals surface area contributed by atoms with Crippen molar-refractivity contribution in [3.63, 3.8) is 0 Å². The first-order valence-corrected chi connectivity index (χ1v) is 11.1. The second-order valence-electron chi connectivity index (χ2n) is 8.00. The van der Waals surface area contributed by atoms with Crippen LogP contribution in [0.5, 0.6) is 0 Å². The van der Waals surface area contributed by atoms with Crippen molar-refractivity contribution in [3.05, 3.63) is 58.1 Å². The third kappa shape index (κ3) is 4.72. The average Bonchev–Trinajstić information content (AvgIpc) is 2.69. The Labute approximate surface area is 181 Å². The van der Waals surface area contributed by atoms with Crippen molar-refractivity contribution in [1.29, 1.82) is 0 Å². The second-order valence-corrected chi connectivity index (χ2v) is 8.91. The van der Waals surface area contributed by atoms with Crippen molar-refractivity contribution in [2.45, 2.75) is 58.3 Å². The summed E-state index contributed by atoms with van der Waals surface area (Å²) in [5.74, 6) is 0.0865. The molecule has 1 heterocycles. The molecule has 0 aromatic heterocycles. The zero-order valence-electron chi connectivity index (χ0n) is 17.4. The summed E-state index contributed by atoms with van der Waals surface area (Å²) in [6.45, 7) is 6.64. The average molecular weight is 457 g/mol. The summed E-state index contributed by atoms with van der Waals surface area (Å²) >= 11 is 3.51. The van der Waals surface area contributed by atoms with E-state index >= 15 is 0 Å². The van der Waals surface area contributed by atoms with Gasteiger partial charge in [-0.3, -0.25) is 9.59 Å². The van der Waals surface area contributed by atoms with Crippen LogP contribution in [0.4, 0.5) is 11.4 Å². The molecule has 2 aromatic carbocycles. The van der Waals surface area contributed by atoms with Crippen LogP contribution in [0.25, 0.3) is 0 Å². The fraction of sp³-hybridized carbons (Fsp3) is 0.417. The molecule has 1 aliphatic rings. The molecule has 4 nitrogen and oxygen atoms in total. The largest absolute Gasteiger partial charge is 0.326 e. The number of amides is 2. The molecule has 2 amide bonds. The lowest BCUT2D eigenvalue weighted by Gasteiger charge is -2.41. The van der Waals surface area contributed by atoms with E-state index in [4.69, 9.17) is 0 Å². The van der Waals surface area contributed by atoms with Gasteiger partial charge in [0.25, 0.3) is 0 Å². The number of hydrogen-bond acceptors (Lipinski definition) is 2. The highest BCUT2D eigenvalue weighted by molar-refractivity contribution is 9.10. The molecule has 5 heteroatoms. The molecule has 154 valence electrons. The van der Waals surface area contributed by atoms with Crippen LogP contribution in [0.3, 0.4) is 0 Å². The number of benzene rings is 2. The predicted octanol–water partition coefficient (Wildman–Crippen LogP) is 6.03. The molecule has 1 aliphatic heterocycles. The summed E-state index contributed by atoms with van der Waals surface area (Å²) in [5.41, 5.74) is 3.77. The smallest absolute Gasteiger partial charge is 0.224 e. The Hall–Kier alpha value is -2.14. The van der Waals surface area contributed by atoms with Crippen LogP contribution < -0.4 is 10.2 Å². The van der Waals surface area contributed by atoms with E-state index in [1.54, 1.807) is 6.92 Å². The van der Waals surface area contributed by atoms with Crippen molar-refractivity contribution in [1.82, 2.24) is 0 Å². The van der Waals surface area contributed by atoms with Crippen molar-refractivity contribution >= 4 is 39.1 Å². The Balaban J connectivity index is 1.97. The van der Waals surface area contributed by atoms with E-state index in [2.05, 4.69) is 59.4 Å². The highest BCUT2D eigenvalue weighted by atomic mass is 79.9. The first kappa shape index (κ1) is 21.6. The number of carbonyl (C=O) groups is 2. The minimum absolute atomic E-state index is 0.0421. The van der Waals surface area contributed by atoms with E-state index in [0.717, 1.165) is 47.1 Å². The molecule has 0 bridgehead atoms. The number of halogens is 1. The molecule has 3 rings (SSSR count). The molecule has 0 radical (unpaired) electrons. The maximum Gasteiger partial charge on any atom is 0.224 e. The van der Waals surface area contributed by atoms with E-state index in [1.165, 1.54) is 5.56 Å². The number of nitrogens with one attached hydrogen (secondary N) is 1. The molecule has 0 saturated heterocycles. The van der Waals surface area contributed by atoms with Crippen LogP contribution in [0, 0.1) is 0 Å². The summed E-state index contributed by atoms with van der Waals surface area (Å²) in [6, 6.07) is 14.3. The molecule has 2 aromatic rings. The van der Waals surface area contributed by atoms with Gasteiger partial charge in [-0.05, 0) is 54.3 Å². The van der Waals surface area contributed by atoms with Gasteiger partial charge in [-0.25, -0.2) is 0 Å². The summed E-state index contributed by atoms with van der Waals surface area (Å²) in [5, 5.41) is 3.04. The minimum Gasteiger partial charge on any atom is -0.326 e. The van der Waals surface area contributed by atoms with Gasteiger partial charge >= 0.3 is 0 Å². The maximum atomic E-state index is 12.3. The lowest BCUT2D eigenvalue weighted by atomic mass is 9.71. The zero-order valence-corrected chi connectivity index (χ0v) is 19.0. The van der Waals surface area contributed by atoms with E-state index in [9.17, 15) is 9.59 Å². The van der Waals surface area contributed by atoms with Gasteiger partial charge < -0.3 is 10.2 Å². The second kappa shape index (κ2) is 9.12. The Morgan fingerprint density at radius 3 is 2.52 bits per heavy atom. The molecule has 29 heavy (non-hydrogen) atoms. The quantitative estimate of drug-likeness (QED) is 0.539. The third-order valence-electron chi connectivity index (χ3n) is 5.87. The minimum atomic E-state index is -0.231. The van der Waals surface area contributed by atoms with Crippen LogP contribution in [0.1, 0.15) is 64.0 Å². The molecule has 1 unspecified atom stereocenters. The van der Waals surface area contributed by atoms with Crippen LogP contribution in [-0.2, 0) is 15.0 Å². The van der Waals surface area contributed by atoms with Gasteiger partial charge in [-0.2, -0.15) is 0 Å². The van der Waals surface area contributed by atoms with E-state index in [1.807, 2.05) is 23.1 Å². The number of hydrogen-bond donors (Lipinski definition) is 1. The van der Waals surface area contributed by atoms with Gasteiger partial charge in [-0.15, -0.1) is 0 Å². The number of carbonyl (C=O) groups excluding carboxylic acids is 2. The number of nitrogens with zero attached hydrogens (tertiary/aromatic N) is 1. The summed E-state index contributed by atoms with van der Waals surface area (Å²) < 4.78 is 1.04. The molecule has 0 aliphatic carbocycles. The number of unbranched alkanes of at least 4 members (excludes halogenated alkanes) is 2. The Morgan fingerprint density at radius 1 is 1.14 bits per heavy atom. The van der Waals surface area contributed by atoms with Crippen molar-refractivity contribution in [2.75, 3.05) is 16.8 Å². The first-order chi connectivity index (χ1) is 13.8. The van der Waals surface area contributed by atoms with Crippen LogP contribution in [0.15, 0.2) is 46.9 Å². The van der Waals surface area contributed by atoms with Gasteiger partial charge in [0.15, 0.2) is 0 Å². The molecule has 0 saturated carbocycles. The maximum absolute atomic E-state index is 12.3. The fourth-order valence-electron chi connectivity index (χ4n) is 4.09. The number of fused-ring (bicyclic) bond motifs is 1. The molecule has 0 spiro atoms. The van der Waals surface area contributed by atoms with E-state index in [-0.39, 0.29) is 17.2 Å². The standard InChI is InChI=1S/C24H29BrN2O2/c1-4-5-6-7-23(29)26-20-12-13-22-21(16-20)24(3,14-15-27(22)17(2)28)18-8-10-19(25)11-9-18/h8-13,16H,4-7,14-15H2,1-3H3,(H,26,29). The van der Waals surface area contributed by atoms with E-state index < -0.39 is 0 Å².